The van der Waals surface area contributed by atoms with Gasteiger partial charge in [0.25, 0.3) is 5.91 Å². The molecule has 1 aliphatic rings. The Labute approximate surface area is 170 Å². The molecule has 0 spiro atoms. The predicted octanol–water partition coefficient (Wildman–Crippen LogP) is 3.15. The fourth-order valence-corrected chi connectivity index (χ4v) is 3.34. The van der Waals surface area contributed by atoms with Gasteiger partial charge < -0.3 is 10.6 Å². The maximum absolute atomic E-state index is 13.1. The first kappa shape index (κ1) is 20.5. The molecule has 3 rings (SSSR count). The van der Waals surface area contributed by atoms with Crippen molar-refractivity contribution in [2.24, 2.45) is 0 Å². The number of carbonyl (C=O) groups excluding carboxylic acids is 3. The number of carbonyl (C=O) groups is 3. The van der Waals surface area contributed by atoms with Gasteiger partial charge in [-0.1, -0.05) is 43.3 Å². The Morgan fingerprint density at radius 3 is 2.41 bits per heavy atom. The van der Waals surface area contributed by atoms with Gasteiger partial charge in [-0.05, 0) is 51.2 Å². The molecule has 1 saturated heterocycles. The molecule has 2 aromatic rings. The van der Waals surface area contributed by atoms with Crippen LogP contribution in [0, 0.1) is 0 Å². The minimum Gasteiger partial charge on any atom is -0.324 e. The molecule has 0 saturated carbocycles. The Kier molecular flexibility index (Phi) is 5.70. The molecule has 1 atom stereocenters. The van der Waals surface area contributed by atoms with Gasteiger partial charge in [0.15, 0.2) is 0 Å². The number of imide groups is 1. The molecule has 2 aromatic carbocycles. The lowest BCUT2D eigenvalue weighted by molar-refractivity contribution is -0.121. The van der Waals surface area contributed by atoms with Crippen molar-refractivity contribution in [1.29, 1.82) is 0 Å². The minimum atomic E-state index is -0.960. The van der Waals surface area contributed by atoms with Crippen LogP contribution in [0.3, 0.4) is 0 Å². The summed E-state index contributed by atoms with van der Waals surface area (Å²) in [6.45, 7) is 6.00. The summed E-state index contributed by atoms with van der Waals surface area (Å²) in [5.74, 6) is -0.519. The van der Waals surface area contributed by atoms with Crippen LogP contribution in [0.15, 0.2) is 54.6 Å². The maximum atomic E-state index is 13.1. The highest BCUT2D eigenvalue weighted by atomic mass is 16.2. The monoisotopic (exact) mass is 394 g/mol. The van der Waals surface area contributed by atoms with Crippen LogP contribution in [-0.4, -0.2) is 41.9 Å². The fraction of sp³-hybridized carbons (Fsp3) is 0.318. The normalized spacial score (nSPS) is 16.7. The number of hydrogen-bond acceptors (Lipinski definition) is 4. The Bertz CT molecular complexity index is 927. The van der Waals surface area contributed by atoms with Crippen LogP contribution >= 0.6 is 0 Å². The first-order chi connectivity index (χ1) is 13.7. The highest BCUT2D eigenvalue weighted by molar-refractivity contribution is 6.23. The van der Waals surface area contributed by atoms with E-state index in [4.69, 9.17) is 0 Å². The molecule has 0 aliphatic carbocycles. The number of nitrogens with zero attached hydrogens (tertiary/aromatic N) is 2. The molecule has 29 heavy (non-hydrogen) atoms. The van der Waals surface area contributed by atoms with E-state index in [0.29, 0.717) is 17.9 Å². The Morgan fingerprint density at radius 1 is 1.14 bits per heavy atom. The van der Waals surface area contributed by atoms with Gasteiger partial charge in [0.05, 0.1) is 5.69 Å². The Balaban J connectivity index is 1.85. The Hall–Kier alpha value is -3.19. The summed E-state index contributed by atoms with van der Waals surface area (Å²) < 4.78 is 0. The third-order valence-electron chi connectivity index (χ3n) is 5.04. The van der Waals surface area contributed by atoms with Gasteiger partial charge in [-0.2, -0.15) is 0 Å². The van der Waals surface area contributed by atoms with Crippen molar-refractivity contribution in [3.8, 4) is 0 Å². The van der Waals surface area contributed by atoms with E-state index in [9.17, 15) is 14.4 Å². The highest BCUT2D eigenvalue weighted by Crippen LogP contribution is 2.28. The van der Waals surface area contributed by atoms with Gasteiger partial charge in [0.1, 0.15) is 11.6 Å². The van der Waals surface area contributed by atoms with Crippen LogP contribution in [0.25, 0.3) is 0 Å². The van der Waals surface area contributed by atoms with Crippen LogP contribution in [0.4, 0.5) is 16.2 Å². The van der Waals surface area contributed by atoms with E-state index in [1.807, 2.05) is 49.2 Å². The molecule has 4 amide bonds. The van der Waals surface area contributed by atoms with Gasteiger partial charge in [-0.15, -0.1) is 0 Å². The lowest BCUT2D eigenvalue weighted by Gasteiger charge is -2.26. The molecule has 7 nitrogen and oxygen atoms in total. The molecule has 1 heterocycles. The van der Waals surface area contributed by atoms with Crippen molar-refractivity contribution >= 4 is 29.2 Å². The summed E-state index contributed by atoms with van der Waals surface area (Å²) in [5, 5.41) is 5.58. The van der Waals surface area contributed by atoms with E-state index in [1.54, 1.807) is 38.1 Å². The fourth-order valence-electron chi connectivity index (χ4n) is 3.34. The third kappa shape index (κ3) is 4.14. The second kappa shape index (κ2) is 8.05. The van der Waals surface area contributed by atoms with E-state index in [-0.39, 0.29) is 11.8 Å². The average molecular weight is 394 g/mol. The highest BCUT2D eigenvalue weighted by Gasteiger charge is 2.45. The third-order valence-corrected chi connectivity index (χ3v) is 5.04. The molecule has 1 fully saturated rings. The summed E-state index contributed by atoms with van der Waals surface area (Å²) in [4.78, 5) is 40.9. The molecule has 152 valence electrons. The van der Waals surface area contributed by atoms with Crippen molar-refractivity contribution in [2.45, 2.75) is 32.4 Å². The Morgan fingerprint density at radius 2 is 1.83 bits per heavy atom. The zero-order valence-electron chi connectivity index (χ0n) is 17.1. The smallest absolute Gasteiger partial charge is 0.324 e. The molecule has 0 bridgehead atoms. The lowest BCUT2D eigenvalue weighted by Crippen LogP contribution is -2.40. The van der Waals surface area contributed by atoms with Gasteiger partial charge in [-0.3, -0.25) is 14.5 Å². The van der Waals surface area contributed by atoms with Gasteiger partial charge in [0, 0.05) is 5.69 Å². The van der Waals surface area contributed by atoms with Gasteiger partial charge in [0.2, 0.25) is 5.91 Å². The van der Waals surface area contributed by atoms with Crippen LogP contribution in [0.2, 0.25) is 0 Å². The molecule has 1 aliphatic heterocycles. The molecule has 0 aromatic heterocycles. The first-order valence-electron chi connectivity index (χ1n) is 9.57. The predicted molar refractivity (Wildman–Crippen MR) is 113 cm³/mol. The topological polar surface area (TPSA) is 81.8 Å². The number of likely N-dealkylation sites (N-methyl/N-ethyl adjacent to an activating group) is 1. The molecule has 0 radical (unpaired) electrons. The summed E-state index contributed by atoms with van der Waals surface area (Å²) in [7, 11) is 1.89. The second-order valence-corrected chi connectivity index (χ2v) is 7.62. The van der Waals surface area contributed by atoms with Crippen molar-refractivity contribution in [1.82, 2.24) is 10.2 Å². The minimum absolute atomic E-state index is 0.185. The number of rotatable bonds is 6. The average Bonchev–Trinajstić information content (AvgIpc) is 2.89. The summed E-state index contributed by atoms with van der Waals surface area (Å²) >= 11 is 0. The largest absolute Gasteiger partial charge is 0.329 e. The van der Waals surface area contributed by atoms with Crippen molar-refractivity contribution in [3.05, 3.63) is 60.2 Å². The first-order valence-corrected chi connectivity index (χ1v) is 9.57. The van der Waals surface area contributed by atoms with E-state index in [1.165, 1.54) is 0 Å². The molecule has 7 heteroatoms. The van der Waals surface area contributed by atoms with Crippen LogP contribution in [0.5, 0.6) is 0 Å². The second-order valence-electron chi connectivity index (χ2n) is 7.62. The molecule has 0 unspecified atom stereocenters. The van der Waals surface area contributed by atoms with E-state index in [0.717, 1.165) is 10.5 Å². The molecular formula is C22H26N4O3. The van der Waals surface area contributed by atoms with Crippen molar-refractivity contribution in [2.75, 3.05) is 23.8 Å². The summed E-state index contributed by atoms with van der Waals surface area (Å²) in [5.41, 5.74) is 0.860. The SMILES string of the molecule is CCN(C)[C@@H](C(=O)Nc1cccc(N2C(=O)NC(C)(C)C2=O)c1)c1ccccc1. The van der Waals surface area contributed by atoms with Crippen LogP contribution < -0.4 is 15.5 Å². The number of amides is 4. The standard InChI is InChI=1S/C22H26N4O3/c1-5-25(4)18(15-10-7-6-8-11-15)19(27)23-16-12-9-13-17(14-16)26-20(28)22(2,3)24-21(26)29/h6-14,18H,5H2,1-4H3,(H,23,27)(H,24,29)/t18-/m1/s1. The number of hydrogen-bond donors (Lipinski definition) is 2. The number of benzene rings is 2. The van der Waals surface area contributed by atoms with Gasteiger partial charge >= 0.3 is 6.03 Å². The zero-order valence-corrected chi connectivity index (χ0v) is 17.1. The van der Waals surface area contributed by atoms with E-state index < -0.39 is 17.6 Å². The van der Waals surface area contributed by atoms with Crippen molar-refractivity contribution < 1.29 is 14.4 Å². The van der Waals surface area contributed by atoms with Crippen molar-refractivity contribution in [3.63, 3.8) is 0 Å². The molecular weight excluding hydrogens is 368 g/mol. The number of anilines is 2. The van der Waals surface area contributed by atoms with Gasteiger partial charge in [-0.25, -0.2) is 9.69 Å². The van der Waals surface area contributed by atoms with E-state index in [2.05, 4.69) is 10.6 Å². The quantitative estimate of drug-likeness (QED) is 0.738. The molecule has 2 N–H and O–H groups in total. The number of nitrogens with one attached hydrogen (secondary N) is 2. The van der Waals surface area contributed by atoms with Crippen LogP contribution in [-0.2, 0) is 9.59 Å². The van der Waals surface area contributed by atoms with Crippen LogP contribution in [0.1, 0.15) is 32.4 Å². The zero-order chi connectivity index (χ0) is 21.2. The lowest BCUT2D eigenvalue weighted by atomic mass is 10.0. The maximum Gasteiger partial charge on any atom is 0.329 e. The van der Waals surface area contributed by atoms with E-state index >= 15 is 0 Å². The number of urea groups is 1. The summed E-state index contributed by atoms with van der Waals surface area (Å²) in [6.07, 6.45) is 0. The summed E-state index contributed by atoms with van der Waals surface area (Å²) in [6, 6.07) is 15.4.